The van der Waals surface area contributed by atoms with Gasteiger partial charge in [-0.15, -0.1) is 0 Å². The SMILES string of the molecule is CNC(c1ccco1)c1ccccc1C1CCC1. The normalized spacial score (nSPS) is 17.4. The molecule has 2 aromatic rings. The molecular weight excluding hydrogens is 222 g/mol. The van der Waals surface area contributed by atoms with Crippen LogP contribution in [0.5, 0.6) is 0 Å². The zero-order valence-corrected chi connectivity index (χ0v) is 10.7. The summed E-state index contributed by atoms with van der Waals surface area (Å²) < 4.78 is 5.56. The minimum atomic E-state index is 0.164. The van der Waals surface area contributed by atoms with Crippen molar-refractivity contribution in [2.24, 2.45) is 0 Å². The van der Waals surface area contributed by atoms with Crippen LogP contribution in [0.1, 0.15) is 48.1 Å². The Labute approximate surface area is 108 Å². The summed E-state index contributed by atoms with van der Waals surface area (Å²) in [5, 5.41) is 3.37. The monoisotopic (exact) mass is 241 g/mol. The van der Waals surface area contributed by atoms with Crippen molar-refractivity contribution in [3.8, 4) is 0 Å². The van der Waals surface area contributed by atoms with Gasteiger partial charge in [0.1, 0.15) is 5.76 Å². The lowest BCUT2D eigenvalue weighted by Crippen LogP contribution is -2.21. The van der Waals surface area contributed by atoms with Crippen molar-refractivity contribution in [1.82, 2.24) is 5.32 Å². The molecule has 1 aromatic carbocycles. The molecule has 1 saturated carbocycles. The van der Waals surface area contributed by atoms with Crippen molar-refractivity contribution in [3.63, 3.8) is 0 Å². The molecule has 1 heterocycles. The highest BCUT2D eigenvalue weighted by atomic mass is 16.3. The summed E-state index contributed by atoms with van der Waals surface area (Å²) in [5.41, 5.74) is 2.85. The molecule has 1 atom stereocenters. The van der Waals surface area contributed by atoms with E-state index in [4.69, 9.17) is 4.42 Å². The highest BCUT2D eigenvalue weighted by molar-refractivity contribution is 5.37. The number of hydrogen-bond donors (Lipinski definition) is 1. The minimum absolute atomic E-state index is 0.164. The summed E-state index contributed by atoms with van der Waals surface area (Å²) in [7, 11) is 1.99. The lowest BCUT2D eigenvalue weighted by Gasteiger charge is -2.30. The van der Waals surface area contributed by atoms with Gasteiger partial charge in [-0.3, -0.25) is 0 Å². The molecule has 2 heteroatoms. The standard InChI is InChI=1S/C16H19NO/c1-17-16(15-10-5-11-18-15)14-9-3-2-8-13(14)12-6-4-7-12/h2-3,5,8-12,16-17H,4,6-7H2,1H3. The van der Waals surface area contributed by atoms with Gasteiger partial charge in [0, 0.05) is 0 Å². The molecule has 0 saturated heterocycles. The molecule has 0 amide bonds. The Hall–Kier alpha value is -1.54. The first-order valence-corrected chi connectivity index (χ1v) is 6.69. The van der Waals surface area contributed by atoms with Gasteiger partial charge in [-0.25, -0.2) is 0 Å². The first kappa shape index (κ1) is 11.5. The summed E-state index contributed by atoms with van der Waals surface area (Å²) in [6.45, 7) is 0. The second-order valence-electron chi connectivity index (χ2n) is 4.99. The van der Waals surface area contributed by atoms with Crippen molar-refractivity contribution >= 4 is 0 Å². The van der Waals surface area contributed by atoms with E-state index in [0.717, 1.165) is 11.7 Å². The van der Waals surface area contributed by atoms with E-state index in [9.17, 15) is 0 Å². The van der Waals surface area contributed by atoms with Crippen molar-refractivity contribution in [3.05, 3.63) is 59.5 Å². The van der Waals surface area contributed by atoms with E-state index < -0.39 is 0 Å². The van der Waals surface area contributed by atoms with Crippen LogP contribution in [0.2, 0.25) is 0 Å². The Balaban J connectivity index is 1.99. The van der Waals surface area contributed by atoms with Crippen LogP contribution in [0.15, 0.2) is 47.1 Å². The maximum atomic E-state index is 5.56. The van der Waals surface area contributed by atoms with Crippen LogP contribution in [0.4, 0.5) is 0 Å². The highest BCUT2D eigenvalue weighted by Gasteiger charge is 2.25. The van der Waals surface area contributed by atoms with Gasteiger partial charge >= 0.3 is 0 Å². The fourth-order valence-corrected chi connectivity index (χ4v) is 2.77. The number of furan rings is 1. The average Bonchev–Trinajstić information content (AvgIpc) is 2.84. The largest absolute Gasteiger partial charge is 0.467 e. The van der Waals surface area contributed by atoms with Crippen molar-refractivity contribution in [2.45, 2.75) is 31.2 Å². The van der Waals surface area contributed by atoms with E-state index >= 15 is 0 Å². The molecule has 1 aliphatic rings. The fourth-order valence-electron chi connectivity index (χ4n) is 2.77. The second-order valence-corrected chi connectivity index (χ2v) is 4.99. The number of rotatable bonds is 4. The zero-order chi connectivity index (χ0) is 12.4. The minimum Gasteiger partial charge on any atom is -0.467 e. The van der Waals surface area contributed by atoms with Gasteiger partial charge in [-0.2, -0.15) is 0 Å². The van der Waals surface area contributed by atoms with Gasteiger partial charge in [0.15, 0.2) is 0 Å². The van der Waals surface area contributed by atoms with Crippen LogP contribution in [-0.2, 0) is 0 Å². The Morgan fingerprint density at radius 2 is 2.00 bits per heavy atom. The van der Waals surface area contributed by atoms with Crippen LogP contribution in [0.3, 0.4) is 0 Å². The number of hydrogen-bond acceptors (Lipinski definition) is 2. The zero-order valence-electron chi connectivity index (χ0n) is 10.7. The average molecular weight is 241 g/mol. The molecule has 18 heavy (non-hydrogen) atoms. The molecule has 1 fully saturated rings. The topological polar surface area (TPSA) is 25.2 Å². The molecule has 0 aliphatic heterocycles. The van der Waals surface area contributed by atoms with Gasteiger partial charge in [0.25, 0.3) is 0 Å². The molecule has 0 bridgehead atoms. The van der Waals surface area contributed by atoms with Crippen molar-refractivity contribution < 1.29 is 4.42 Å². The molecule has 1 unspecified atom stereocenters. The van der Waals surface area contributed by atoms with E-state index in [1.165, 1.54) is 30.4 Å². The fraction of sp³-hybridized carbons (Fsp3) is 0.375. The summed E-state index contributed by atoms with van der Waals surface area (Å²) in [6, 6.07) is 12.9. The Morgan fingerprint density at radius 3 is 2.61 bits per heavy atom. The lowest BCUT2D eigenvalue weighted by molar-refractivity contribution is 0.409. The Morgan fingerprint density at radius 1 is 1.17 bits per heavy atom. The number of benzene rings is 1. The molecule has 0 radical (unpaired) electrons. The Kier molecular flexibility index (Phi) is 3.20. The molecule has 1 aromatic heterocycles. The quantitative estimate of drug-likeness (QED) is 0.879. The third-order valence-corrected chi connectivity index (χ3v) is 3.97. The highest BCUT2D eigenvalue weighted by Crippen LogP contribution is 2.40. The molecule has 0 spiro atoms. The predicted octanol–water partition coefficient (Wildman–Crippen LogP) is 3.86. The van der Waals surface area contributed by atoms with Gasteiger partial charge in [0.05, 0.1) is 12.3 Å². The van der Waals surface area contributed by atoms with Gasteiger partial charge < -0.3 is 9.73 Å². The Bertz CT molecular complexity index is 500. The predicted molar refractivity (Wildman–Crippen MR) is 72.6 cm³/mol. The maximum Gasteiger partial charge on any atom is 0.125 e. The van der Waals surface area contributed by atoms with Crippen LogP contribution in [0, 0.1) is 0 Å². The molecule has 1 N–H and O–H groups in total. The number of nitrogens with one attached hydrogen (secondary N) is 1. The van der Waals surface area contributed by atoms with Crippen LogP contribution in [0.25, 0.3) is 0 Å². The van der Waals surface area contributed by atoms with Crippen molar-refractivity contribution in [1.29, 1.82) is 0 Å². The van der Waals surface area contributed by atoms with Crippen molar-refractivity contribution in [2.75, 3.05) is 7.05 Å². The van der Waals surface area contributed by atoms with Crippen LogP contribution >= 0.6 is 0 Å². The van der Waals surface area contributed by atoms with Gasteiger partial charge in [-0.05, 0) is 49.1 Å². The van der Waals surface area contributed by atoms with Crippen LogP contribution in [-0.4, -0.2) is 7.05 Å². The third-order valence-electron chi connectivity index (χ3n) is 3.97. The summed E-state index contributed by atoms with van der Waals surface area (Å²) in [5.74, 6) is 1.73. The molecular formula is C16H19NO. The molecule has 3 rings (SSSR count). The van der Waals surface area contributed by atoms with E-state index in [2.05, 4.69) is 29.6 Å². The van der Waals surface area contributed by atoms with E-state index in [1.807, 2.05) is 19.2 Å². The summed E-state index contributed by atoms with van der Waals surface area (Å²) >= 11 is 0. The maximum absolute atomic E-state index is 5.56. The van der Waals surface area contributed by atoms with Gasteiger partial charge in [-0.1, -0.05) is 30.7 Å². The first-order valence-electron chi connectivity index (χ1n) is 6.69. The first-order chi connectivity index (χ1) is 8.90. The third kappa shape index (κ3) is 1.97. The summed E-state index contributed by atoms with van der Waals surface area (Å²) in [4.78, 5) is 0. The van der Waals surface area contributed by atoms with Crippen LogP contribution < -0.4 is 5.32 Å². The van der Waals surface area contributed by atoms with Gasteiger partial charge in [0.2, 0.25) is 0 Å². The van der Waals surface area contributed by atoms with E-state index in [1.54, 1.807) is 6.26 Å². The lowest BCUT2D eigenvalue weighted by atomic mass is 9.77. The molecule has 94 valence electrons. The molecule has 1 aliphatic carbocycles. The second kappa shape index (κ2) is 4.99. The summed E-state index contributed by atoms with van der Waals surface area (Å²) in [6.07, 6.45) is 5.76. The smallest absolute Gasteiger partial charge is 0.125 e. The molecule has 2 nitrogen and oxygen atoms in total. The van der Waals surface area contributed by atoms with E-state index in [-0.39, 0.29) is 6.04 Å². The van der Waals surface area contributed by atoms with E-state index in [0.29, 0.717) is 0 Å².